The fraction of sp³-hybridized carbons (Fsp3) is 0.706. The van der Waals surface area contributed by atoms with Crippen molar-refractivity contribution in [3.8, 4) is 0 Å². The number of morpholine rings is 1. The van der Waals surface area contributed by atoms with Crippen LogP contribution in [0.15, 0.2) is 9.59 Å². The van der Waals surface area contributed by atoms with E-state index in [2.05, 4.69) is 23.7 Å². The van der Waals surface area contributed by atoms with E-state index in [0.29, 0.717) is 30.9 Å². The lowest BCUT2D eigenvalue weighted by atomic mass is 10.2. The van der Waals surface area contributed by atoms with E-state index >= 15 is 0 Å². The Morgan fingerprint density at radius 2 is 1.81 bits per heavy atom. The summed E-state index contributed by atoms with van der Waals surface area (Å²) in [6.45, 7) is 7.26. The molecule has 0 unspecified atom stereocenters. The third-order valence-corrected chi connectivity index (χ3v) is 4.81. The van der Waals surface area contributed by atoms with Crippen molar-refractivity contribution in [2.24, 2.45) is 14.1 Å². The molecule has 0 aliphatic carbocycles. The topological polar surface area (TPSA) is 83.5 Å². The minimum atomic E-state index is -0.376. The van der Waals surface area contributed by atoms with E-state index in [-0.39, 0.29) is 23.5 Å². The average Bonchev–Trinajstić information content (AvgIpc) is 2.93. The lowest BCUT2D eigenvalue weighted by molar-refractivity contribution is -0.0713. The Bertz CT molecular complexity index is 902. The van der Waals surface area contributed by atoms with Crippen molar-refractivity contribution in [2.45, 2.75) is 39.1 Å². The molecule has 144 valence electrons. The van der Waals surface area contributed by atoms with Gasteiger partial charge in [0.05, 0.1) is 25.4 Å². The molecule has 3 rings (SSSR count). The molecule has 0 radical (unpaired) electrons. The summed E-state index contributed by atoms with van der Waals surface area (Å²) in [4.78, 5) is 31.9. The molecule has 0 bridgehead atoms. The Hall–Kier alpha value is -1.97. The lowest BCUT2D eigenvalue weighted by Gasteiger charge is -2.35. The van der Waals surface area contributed by atoms with E-state index in [1.807, 2.05) is 4.57 Å². The minimum absolute atomic E-state index is 0.146. The van der Waals surface area contributed by atoms with Crippen LogP contribution in [0.4, 0.5) is 0 Å². The summed E-state index contributed by atoms with van der Waals surface area (Å²) in [5.41, 5.74) is 0.148. The maximum absolute atomic E-state index is 12.7. The maximum atomic E-state index is 12.7. The Balaban J connectivity index is 2.09. The molecule has 0 aromatic carbocycles. The second kappa shape index (κ2) is 7.34. The predicted octanol–water partition coefficient (Wildman–Crippen LogP) is -0.311. The number of hydrogen-bond acceptors (Lipinski definition) is 6. The number of aryl methyl sites for hydroxylation is 1. The van der Waals surface area contributed by atoms with Gasteiger partial charge in [-0.25, -0.2) is 9.78 Å². The quantitative estimate of drug-likeness (QED) is 0.723. The highest BCUT2D eigenvalue weighted by Gasteiger charge is 2.25. The zero-order chi connectivity index (χ0) is 19.0. The highest BCUT2D eigenvalue weighted by molar-refractivity contribution is 5.71. The number of methoxy groups -OCH3 is 1. The zero-order valence-corrected chi connectivity index (χ0v) is 16.1. The molecule has 1 aliphatic rings. The van der Waals surface area contributed by atoms with Gasteiger partial charge in [0.25, 0.3) is 5.56 Å². The molecule has 1 aliphatic heterocycles. The molecule has 2 atom stereocenters. The first kappa shape index (κ1) is 18.8. The fourth-order valence-corrected chi connectivity index (χ4v) is 3.65. The van der Waals surface area contributed by atoms with E-state index in [9.17, 15) is 9.59 Å². The SMILES string of the molecule is COCCn1c(CN2C[C@H](C)O[C@@H](C)C2)nc2c1c(=O)n(C)c(=O)n2C. The van der Waals surface area contributed by atoms with Crippen molar-refractivity contribution in [2.75, 3.05) is 26.8 Å². The highest BCUT2D eigenvalue weighted by Crippen LogP contribution is 2.17. The van der Waals surface area contributed by atoms with Crippen LogP contribution in [0, 0.1) is 0 Å². The summed E-state index contributed by atoms with van der Waals surface area (Å²) in [5.74, 6) is 0.761. The summed E-state index contributed by atoms with van der Waals surface area (Å²) >= 11 is 0. The molecule has 0 N–H and O–H groups in total. The van der Waals surface area contributed by atoms with Gasteiger partial charge in [-0.05, 0) is 13.8 Å². The van der Waals surface area contributed by atoms with Crippen molar-refractivity contribution in [3.63, 3.8) is 0 Å². The van der Waals surface area contributed by atoms with E-state index in [1.54, 1.807) is 14.2 Å². The Morgan fingerprint density at radius 3 is 2.42 bits per heavy atom. The van der Waals surface area contributed by atoms with Gasteiger partial charge >= 0.3 is 5.69 Å². The van der Waals surface area contributed by atoms with Crippen LogP contribution >= 0.6 is 0 Å². The van der Waals surface area contributed by atoms with E-state index < -0.39 is 0 Å². The van der Waals surface area contributed by atoms with Crippen molar-refractivity contribution < 1.29 is 9.47 Å². The summed E-state index contributed by atoms with van der Waals surface area (Å²) in [6.07, 6.45) is 0.292. The molecule has 26 heavy (non-hydrogen) atoms. The van der Waals surface area contributed by atoms with E-state index in [4.69, 9.17) is 9.47 Å². The van der Waals surface area contributed by atoms with E-state index in [0.717, 1.165) is 23.5 Å². The molecule has 2 aromatic rings. The zero-order valence-electron chi connectivity index (χ0n) is 16.1. The molecule has 2 aromatic heterocycles. The maximum Gasteiger partial charge on any atom is 0.332 e. The lowest BCUT2D eigenvalue weighted by Crippen LogP contribution is -2.45. The second-order valence-corrected chi connectivity index (χ2v) is 7.00. The van der Waals surface area contributed by atoms with Crippen LogP contribution in [0.1, 0.15) is 19.7 Å². The fourth-order valence-electron chi connectivity index (χ4n) is 3.65. The number of hydrogen-bond donors (Lipinski definition) is 0. The highest BCUT2D eigenvalue weighted by atomic mass is 16.5. The van der Waals surface area contributed by atoms with Crippen molar-refractivity contribution in [1.82, 2.24) is 23.6 Å². The van der Waals surface area contributed by atoms with Crippen LogP contribution < -0.4 is 11.2 Å². The smallest absolute Gasteiger partial charge is 0.332 e. The van der Waals surface area contributed by atoms with E-state index in [1.165, 1.54) is 11.6 Å². The van der Waals surface area contributed by atoms with Gasteiger partial charge in [0, 0.05) is 40.8 Å². The largest absolute Gasteiger partial charge is 0.383 e. The third kappa shape index (κ3) is 3.34. The number of fused-ring (bicyclic) bond motifs is 1. The Labute approximate surface area is 151 Å². The van der Waals surface area contributed by atoms with Gasteiger partial charge < -0.3 is 14.0 Å². The minimum Gasteiger partial charge on any atom is -0.383 e. The summed E-state index contributed by atoms with van der Waals surface area (Å²) in [6, 6.07) is 0. The summed E-state index contributed by atoms with van der Waals surface area (Å²) in [5, 5.41) is 0. The molecule has 9 heteroatoms. The van der Waals surface area contributed by atoms with Crippen LogP contribution in [-0.2, 0) is 36.7 Å². The van der Waals surface area contributed by atoms with Gasteiger partial charge in [-0.15, -0.1) is 0 Å². The second-order valence-electron chi connectivity index (χ2n) is 7.00. The van der Waals surface area contributed by atoms with Gasteiger partial charge in [0.1, 0.15) is 5.82 Å². The molecule has 0 saturated carbocycles. The van der Waals surface area contributed by atoms with Crippen molar-refractivity contribution in [1.29, 1.82) is 0 Å². The van der Waals surface area contributed by atoms with Crippen molar-refractivity contribution >= 4 is 11.2 Å². The first-order valence-electron chi connectivity index (χ1n) is 8.85. The Morgan fingerprint density at radius 1 is 1.15 bits per heavy atom. The molecule has 0 amide bonds. The van der Waals surface area contributed by atoms with Gasteiger partial charge in [-0.1, -0.05) is 0 Å². The van der Waals surface area contributed by atoms with Crippen molar-refractivity contribution in [3.05, 3.63) is 26.7 Å². The number of rotatable bonds is 5. The van der Waals surface area contributed by atoms with Gasteiger partial charge in [0.2, 0.25) is 0 Å². The number of aromatic nitrogens is 4. The molecular formula is C17H27N5O4. The summed E-state index contributed by atoms with van der Waals surface area (Å²) < 4.78 is 15.4. The first-order chi connectivity index (χ1) is 12.3. The molecule has 3 heterocycles. The van der Waals surface area contributed by atoms with Crippen LogP contribution in [0.2, 0.25) is 0 Å². The van der Waals surface area contributed by atoms with Gasteiger partial charge in [-0.2, -0.15) is 0 Å². The average molecular weight is 365 g/mol. The molecule has 9 nitrogen and oxygen atoms in total. The van der Waals surface area contributed by atoms with Gasteiger partial charge in [0.15, 0.2) is 11.2 Å². The van der Waals surface area contributed by atoms with Crippen LogP contribution in [0.3, 0.4) is 0 Å². The molecular weight excluding hydrogens is 338 g/mol. The number of nitrogens with zero attached hydrogens (tertiary/aromatic N) is 5. The first-order valence-corrected chi connectivity index (χ1v) is 8.85. The molecule has 1 fully saturated rings. The third-order valence-electron chi connectivity index (χ3n) is 4.81. The van der Waals surface area contributed by atoms with Crippen LogP contribution in [-0.4, -0.2) is 62.6 Å². The normalized spacial score (nSPS) is 21.6. The molecule has 0 spiro atoms. The summed E-state index contributed by atoms with van der Waals surface area (Å²) in [7, 11) is 4.75. The molecule has 1 saturated heterocycles. The number of ether oxygens (including phenoxy) is 2. The number of imidazole rings is 1. The van der Waals surface area contributed by atoms with Crippen LogP contribution in [0.5, 0.6) is 0 Å². The van der Waals surface area contributed by atoms with Crippen LogP contribution in [0.25, 0.3) is 11.2 Å². The Kier molecular flexibility index (Phi) is 5.31. The monoisotopic (exact) mass is 365 g/mol. The van der Waals surface area contributed by atoms with Gasteiger partial charge in [-0.3, -0.25) is 18.8 Å². The predicted molar refractivity (Wildman–Crippen MR) is 97.4 cm³/mol. The standard InChI is InChI=1S/C17H27N5O4/c1-11-8-21(9-12(2)26-11)10-13-18-15-14(22(13)6-7-25-5)16(23)20(4)17(24)19(15)3/h11-12H,6-10H2,1-5H3/t11-,12-/m0/s1.